The van der Waals surface area contributed by atoms with Crippen molar-refractivity contribution in [2.75, 3.05) is 40.4 Å². The molecule has 0 N–H and O–H groups in total. The molecule has 5 rings (SSSR count). The molecule has 3 aromatic carbocycles. The Balaban J connectivity index is 1.31. The molecule has 180 valence electrons. The monoisotopic (exact) mass is 470 g/mol. The Labute approximate surface area is 205 Å². The third kappa shape index (κ3) is 4.72. The molecule has 1 aliphatic heterocycles. The maximum absolute atomic E-state index is 13.3. The van der Waals surface area contributed by atoms with Crippen molar-refractivity contribution in [3.63, 3.8) is 0 Å². The SMILES string of the molecule is COc1cccc(OC)c1C(=O)N1CCN(Cc2nc3ccccc3n2Cc2ccccc2)CC1. The van der Waals surface area contributed by atoms with E-state index < -0.39 is 0 Å². The summed E-state index contributed by atoms with van der Waals surface area (Å²) in [5.74, 6) is 2.05. The molecule has 0 radical (unpaired) electrons. The van der Waals surface area contributed by atoms with Gasteiger partial charge in [0.05, 0.1) is 31.8 Å². The van der Waals surface area contributed by atoms with Gasteiger partial charge < -0.3 is 18.9 Å². The normalized spacial score (nSPS) is 14.3. The van der Waals surface area contributed by atoms with E-state index in [0.29, 0.717) is 30.2 Å². The molecule has 2 heterocycles. The predicted octanol–water partition coefficient (Wildman–Crippen LogP) is 4.06. The summed E-state index contributed by atoms with van der Waals surface area (Å²) in [7, 11) is 3.15. The topological polar surface area (TPSA) is 59.8 Å². The smallest absolute Gasteiger partial charge is 0.261 e. The molecule has 1 fully saturated rings. The average Bonchev–Trinajstić information content (AvgIpc) is 3.25. The van der Waals surface area contributed by atoms with Gasteiger partial charge in [0.1, 0.15) is 22.9 Å². The summed E-state index contributed by atoms with van der Waals surface area (Å²) in [4.78, 5) is 22.5. The Bertz CT molecular complexity index is 1290. The number of fused-ring (bicyclic) bond motifs is 1. The molecular formula is C28H30N4O3. The summed E-state index contributed by atoms with van der Waals surface area (Å²) in [5, 5.41) is 0. The number of amides is 1. The van der Waals surface area contributed by atoms with Crippen molar-refractivity contribution in [2.45, 2.75) is 13.1 Å². The molecular weight excluding hydrogens is 440 g/mol. The lowest BCUT2D eigenvalue weighted by Crippen LogP contribution is -2.48. The van der Waals surface area contributed by atoms with Crippen LogP contribution in [0.3, 0.4) is 0 Å². The second-order valence-electron chi connectivity index (χ2n) is 8.69. The molecule has 1 amide bonds. The van der Waals surface area contributed by atoms with E-state index in [1.54, 1.807) is 26.4 Å². The maximum atomic E-state index is 13.3. The van der Waals surface area contributed by atoms with E-state index in [4.69, 9.17) is 14.5 Å². The number of para-hydroxylation sites is 2. The number of piperazine rings is 1. The van der Waals surface area contributed by atoms with Crippen molar-refractivity contribution < 1.29 is 14.3 Å². The number of ether oxygens (including phenoxy) is 2. The lowest BCUT2D eigenvalue weighted by atomic mass is 10.1. The first-order chi connectivity index (χ1) is 17.2. The van der Waals surface area contributed by atoms with Gasteiger partial charge in [-0.25, -0.2) is 4.98 Å². The zero-order valence-corrected chi connectivity index (χ0v) is 20.2. The molecule has 4 aromatic rings. The van der Waals surface area contributed by atoms with E-state index in [2.05, 4.69) is 51.9 Å². The standard InChI is InChI=1S/C28H30N4O3/c1-34-24-13-8-14-25(35-2)27(24)28(33)31-17-15-30(16-18-31)20-26-29-22-11-6-7-12-23(22)32(26)19-21-9-4-3-5-10-21/h3-14H,15-20H2,1-2H3. The van der Waals surface area contributed by atoms with Crippen LogP contribution in [-0.4, -0.2) is 65.7 Å². The molecule has 0 bridgehead atoms. The molecule has 7 nitrogen and oxygen atoms in total. The van der Waals surface area contributed by atoms with Crippen molar-refractivity contribution in [3.8, 4) is 11.5 Å². The van der Waals surface area contributed by atoms with Crippen LogP contribution in [0.15, 0.2) is 72.8 Å². The van der Waals surface area contributed by atoms with Crippen LogP contribution in [0.1, 0.15) is 21.7 Å². The highest BCUT2D eigenvalue weighted by molar-refractivity contribution is 5.99. The first-order valence-corrected chi connectivity index (χ1v) is 11.9. The Morgan fingerprint density at radius 2 is 1.46 bits per heavy atom. The van der Waals surface area contributed by atoms with Crippen LogP contribution in [-0.2, 0) is 13.1 Å². The van der Waals surface area contributed by atoms with E-state index in [0.717, 1.165) is 43.0 Å². The molecule has 0 spiro atoms. The maximum Gasteiger partial charge on any atom is 0.261 e. The summed E-state index contributed by atoms with van der Waals surface area (Å²) in [6, 6.07) is 24.2. The summed E-state index contributed by atoms with van der Waals surface area (Å²) in [6.07, 6.45) is 0. The molecule has 7 heteroatoms. The van der Waals surface area contributed by atoms with Gasteiger partial charge in [-0.05, 0) is 29.8 Å². The van der Waals surface area contributed by atoms with Gasteiger partial charge in [-0.2, -0.15) is 0 Å². The Kier molecular flexibility index (Phi) is 6.68. The van der Waals surface area contributed by atoms with Crippen LogP contribution < -0.4 is 9.47 Å². The number of carbonyl (C=O) groups excluding carboxylic acids is 1. The Hall–Kier alpha value is -3.84. The van der Waals surface area contributed by atoms with E-state index in [9.17, 15) is 4.79 Å². The third-order valence-corrected chi connectivity index (χ3v) is 6.58. The zero-order chi connectivity index (χ0) is 24.2. The summed E-state index contributed by atoms with van der Waals surface area (Å²) in [5.41, 5.74) is 3.88. The molecule has 35 heavy (non-hydrogen) atoms. The van der Waals surface area contributed by atoms with Crippen molar-refractivity contribution >= 4 is 16.9 Å². The zero-order valence-electron chi connectivity index (χ0n) is 20.2. The molecule has 0 atom stereocenters. The highest BCUT2D eigenvalue weighted by atomic mass is 16.5. The van der Waals surface area contributed by atoms with Gasteiger partial charge in [0, 0.05) is 32.7 Å². The van der Waals surface area contributed by atoms with E-state index >= 15 is 0 Å². The van der Waals surface area contributed by atoms with Crippen molar-refractivity contribution in [1.29, 1.82) is 0 Å². The van der Waals surface area contributed by atoms with Gasteiger partial charge in [0.15, 0.2) is 0 Å². The number of methoxy groups -OCH3 is 2. The van der Waals surface area contributed by atoms with Crippen molar-refractivity contribution in [2.24, 2.45) is 0 Å². The summed E-state index contributed by atoms with van der Waals surface area (Å²) >= 11 is 0. The minimum Gasteiger partial charge on any atom is -0.496 e. The summed E-state index contributed by atoms with van der Waals surface area (Å²) in [6.45, 7) is 4.34. The predicted molar refractivity (Wildman–Crippen MR) is 136 cm³/mol. The van der Waals surface area contributed by atoms with Crippen LogP contribution in [0.4, 0.5) is 0 Å². The molecule has 1 aromatic heterocycles. The van der Waals surface area contributed by atoms with Gasteiger partial charge in [0.25, 0.3) is 5.91 Å². The van der Waals surface area contributed by atoms with Crippen molar-refractivity contribution in [3.05, 3.63) is 89.7 Å². The summed E-state index contributed by atoms with van der Waals surface area (Å²) < 4.78 is 13.2. The number of imidazole rings is 1. The highest BCUT2D eigenvalue weighted by Crippen LogP contribution is 2.30. The number of aromatic nitrogens is 2. The number of nitrogens with zero attached hydrogens (tertiary/aromatic N) is 4. The van der Waals surface area contributed by atoms with Crippen LogP contribution in [0.2, 0.25) is 0 Å². The molecule has 0 saturated carbocycles. The quantitative estimate of drug-likeness (QED) is 0.408. The van der Waals surface area contributed by atoms with E-state index in [1.165, 1.54) is 5.56 Å². The first-order valence-electron chi connectivity index (χ1n) is 11.9. The molecule has 0 unspecified atom stereocenters. The average molecular weight is 471 g/mol. The number of rotatable bonds is 7. The lowest BCUT2D eigenvalue weighted by molar-refractivity contribution is 0.0618. The van der Waals surface area contributed by atoms with Gasteiger partial charge in [-0.1, -0.05) is 48.5 Å². The minimum atomic E-state index is -0.0599. The van der Waals surface area contributed by atoms with Gasteiger partial charge in [-0.3, -0.25) is 9.69 Å². The first kappa shape index (κ1) is 22.9. The highest BCUT2D eigenvalue weighted by Gasteiger charge is 2.27. The third-order valence-electron chi connectivity index (χ3n) is 6.58. The Morgan fingerprint density at radius 3 is 2.14 bits per heavy atom. The minimum absolute atomic E-state index is 0.0599. The largest absolute Gasteiger partial charge is 0.496 e. The van der Waals surface area contributed by atoms with Crippen LogP contribution in [0.25, 0.3) is 11.0 Å². The second kappa shape index (κ2) is 10.2. The number of benzene rings is 3. The molecule has 0 aliphatic carbocycles. The van der Waals surface area contributed by atoms with Gasteiger partial charge >= 0.3 is 0 Å². The number of carbonyl (C=O) groups is 1. The fraction of sp³-hybridized carbons (Fsp3) is 0.286. The van der Waals surface area contributed by atoms with Crippen LogP contribution in [0, 0.1) is 0 Å². The van der Waals surface area contributed by atoms with Crippen LogP contribution in [0.5, 0.6) is 11.5 Å². The second-order valence-corrected chi connectivity index (χ2v) is 8.69. The fourth-order valence-corrected chi connectivity index (χ4v) is 4.72. The number of hydrogen-bond donors (Lipinski definition) is 0. The van der Waals surface area contributed by atoms with E-state index in [-0.39, 0.29) is 5.91 Å². The molecule has 1 saturated heterocycles. The number of hydrogen-bond acceptors (Lipinski definition) is 5. The van der Waals surface area contributed by atoms with Gasteiger partial charge in [-0.15, -0.1) is 0 Å². The van der Waals surface area contributed by atoms with Gasteiger partial charge in [0.2, 0.25) is 0 Å². The lowest BCUT2D eigenvalue weighted by Gasteiger charge is -2.35. The molecule has 1 aliphatic rings. The van der Waals surface area contributed by atoms with E-state index in [1.807, 2.05) is 23.1 Å². The van der Waals surface area contributed by atoms with Crippen molar-refractivity contribution in [1.82, 2.24) is 19.4 Å². The Morgan fingerprint density at radius 1 is 0.800 bits per heavy atom. The van der Waals surface area contributed by atoms with Crippen LogP contribution >= 0.6 is 0 Å². The fourth-order valence-electron chi connectivity index (χ4n) is 4.72.